The van der Waals surface area contributed by atoms with E-state index >= 15 is 13.2 Å². The Balaban J connectivity index is 1.46. The Bertz CT molecular complexity index is 1860. The molecule has 2 atom stereocenters. The summed E-state index contributed by atoms with van der Waals surface area (Å²) in [6.07, 6.45) is 5.59. The lowest BCUT2D eigenvalue weighted by Crippen LogP contribution is -2.51. The second-order valence-corrected chi connectivity index (χ2v) is 12.8. The zero-order chi connectivity index (χ0) is 31.7. The zero-order valence-electron chi connectivity index (χ0n) is 24.9. The van der Waals surface area contributed by atoms with Gasteiger partial charge in [0.1, 0.15) is 22.6 Å². The number of hydrogen-bond donors (Lipinski definition) is 2. The molecule has 2 unspecified atom stereocenters. The first-order valence-electron chi connectivity index (χ1n) is 14.9. The van der Waals surface area contributed by atoms with E-state index in [1.165, 1.54) is 12.1 Å². The van der Waals surface area contributed by atoms with Crippen LogP contribution >= 0.6 is 0 Å². The first-order valence-corrected chi connectivity index (χ1v) is 14.9. The fraction of sp³-hybridized carbons (Fsp3) is 0.424. The van der Waals surface area contributed by atoms with Gasteiger partial charge >= 0.3 is 12.2 Å². The summed E-state index contributed by atoms with van der Waals surface area (Å²) in [6, 6.07) is 5.17. The predicted molar refractivity (Wildman–Crippen MR) is 163 cm³/mol. The molecule has 3 fully saturated rings. The Morgan fingerprint density at radius 3 is 2.49 bits per heavy atom. The molecule has 8 nitrogen and oxygen atoms in total. The normalized spacial score (nSPS) is 20.6. The number of nitrogens with zero attached hydrogens (tertiary/aromatic N) is 5. The minimum Gasteiger partial charge on any atom is -0.508 e. The monoisotopic (exact) mass is 620 g/mol. The molecule has 1 saturated carbocycles. The predicted octanol–water partition coefficient (Wildman–Crippen LogP) is 5.35. The number of aromatic nitrogens is 3. The molecule has 0 spiro atoms. The van der Waals surface area contributed by atoms with Crippen molar-refractivity contribution in [1.82, 2.24) is 25.2 Å². The molecule has 45 heavy (non-hydrogen) atoms. The van der Waals surface area contributed by atoms with Crippen LogP contribution in [0.4, 0.5) is 23.4 Å². The van der Waals surface area contributed by atoms with Gasteiger partial charge in [0.05, 0.1) is 17.7 Å². The van der Waals surface area contributed by atoms with Crippen molar-refractivity contribution >= 4 is 27.6 Å². The van der Waals surface area contributed by atoms with E-state index in [9.17, 15) is 9.50 Å². The molecule has 12 heteroatoms. The number of phenols is 1. The fourth-order valence-electron chi connectivity index (χ4n) is 6.98. The minimum atomic E-state index is -4.92. The van der Waals surface area contributed by atoms with Gasteiger partial charge in [-0.2, -0.15) is 23.1 Å². The van der Waals surface area contributed by atoms with E-state index in [0.717, 1.165) is 50.6 Å². The van der Waals surface area contributed by atoms with Gasteiger partial charge in [0.15, 0.2) is 5.82 Å². The zero-order valence-corrected chi connectivity index (χ0v) is 24.9. The van der Waals surface area contributed by atoms with Gasteiger partial charge in [0.25, 0.3) is 0 Å². The van der Waals surface area contributed by atoms with Crippen molar-refractivity contribution in [3.63, 3.8) is 0 Å². The largest absolute Gasteiger partial charge is 0.508 e. The molecule has 0 amide bonds. The highest BCUT2D eigenvalue weighted by molar-refractivity contribution is 6.04. The molecule has 3 aliphatic rings. The van der Waals surface area contributed by atoms with Gasteiger partial charge in [-0.05, 0) is 68.9 Å². The summed E-state index contributed by atoms with van der Waals surface area (Å²) in [5, 5.41) is 14.4. The third kappa shape index (κ3) is 5.38. The van der Waals surface area contributed by atoms with E-state index in [4.69, 9.17) is 11.2 Å². The second kappa shape index (κ2) is 10.7. The maximum Gasteiger partial charge on any atom is 0.419 e. The van der Waals surface area contributed by atoms with Gasteiger partial charge < -0.3 is 25.0 Å². The van der Waals surface area contributed by atoms with Crippen LogP contribution in [0.15, 0.2) is 30.5 Å². The van der Waals surface area contributed by atoms with Crippen LogP contribution in [0.25, 0.3) is 32.9 Å². The summed E-state index contributed by atoms with van der Waals surface area (Å²) in [7, 11) is 3.93. The van der Waals surface area contributed by atoms with Crippen molar-refractivity contribution < 1.29 is 27.4 Å². The number of nitrogens with one attached hydrogen (secondary N) is 1. The number of phenolic OH excluding ortho intramolecular Hbond substituents is 1. The maximum atomic E-state index is 15.3. The van der Waals surface area contributed by atoms with Crippen molar-refractivity contribution in [2.45, 2.75) is 43.9 Å². The number of halogens is 4. The van der Waals surface area contributed by atoms with Gasteiger partial charge in [-0.1, -0.05) is 12.0 Å². The quantitative estimate of drug-likeness (QED) is 0.211. The second-order valence-electron chi connectivity index (χ2n) is 12.8. The first kappa shape index (κ1) is 29.5. The maximum absolute atomic E-state index is 15.3. The number of hydrogen-bond acceptors (Lipinski definition) is 8. The Morgan fingerprint density at radius 2 is 1.84 bits per heavy atom. The average molecular weight is 621 g/mol. The third-order valence-electron chi connectivity index (χ3n) is 9.08. The minimum absolute atomic E-state index is 0.0121. The summed E-state index contributed by atoms with van der Waals surface area (Å²) in [6.45, 7) is 2.14. The van der Waals surface area contributed by atoms with Crippen LogP contribution in [0.1, 0.15) is 36.8 Å². The molecular weight excluding hydrogens is 588 g/mol. The van der Waals surface area contributed by atoms with Crippen LogP contribution in [0.5, 0.6) is 11.8 Å². The van der Waals surface area contributed by atoms with Crippen LogP contribution in [0.2, 0.25) is 0 Å². The number of ether oxygens (including phenoxy) is 1. The highest BCUT2D eigenvalue weighted by Gasteiger charge is 2.45. The lowest BCUT2D eigenvalue weighted by atomic mass is 9.91. The number of anilines is 1. The number of rotatable bonds is 7. The molecule has 2 aromatic carbocycles. The fourth-order valence-corrected chi connectivity index (χ4v) is 6.98. The smallest absolute Gasteiger partial charge is 0.419 e. The van der Waals surface area contributed by atoms with Crippen LogP contribution in [0.3, 0.4) is 0 Å². The molecule has 7 rings (SSSR count). The van der Waals surface area contributed by atoms with E-state index in [1.807, 2.05) is 19.0 Å². The van der Waals surface area contributed by atoms with Crippen molar-refractivity contribution in [2.24, 2.45) is 5.41 Å². The van der Waals surface area contributed by atoms with Gasteiger partial charge in [0.2, 0.25) is 0 Å². The Kier molecular flexibility index (Phi) is 7.02. The molecule has 4 heterocycles. The van der Waals surface area contributed by atoms with Crippen molar-refractivity contribution in [1.29, 1.82) is 0 Å². The van der Waals surface area contributed by atoms with Crippen LogP contribution in [-0.4, -0.2) is 77.4 Å². The Morgan fingerprint density at radius 1 is 1.11 bits per heavy atom. The number of benzene rings is 2. The number of terminal acetylenes is 1. The molecule has 0 radical (unpaired) electrons. The molecule has 2 aromatic heterocycles. The molecule has 2 bridgehead atoms. The van der Waals surface area contributed by atoms with Crippen LogP contribution in [-0.2, 0) is 6.18 Å². The molecule has 234 valence electrons. The first-order chi connectivity index (χ1) is 21.4. The van der Waals surface area contributed by atoms with Gasteiger partial charge in [0, 0.05) is 54.3 Å². The molecule has 2 saturated heterocycles. The van der Waals surface area contributed by atoms with Crippen LogP contribution in [0, 0.1) is 23.6 Å². The number of aromatic hydroxyl groups is 1. The molecule has 2 aliphatic heterocycles. The number of pyridine rings is 1. The summed E-state index contributed by atoms with van der Waals surface area (Å²) < 4.78 is 66.7. The van der Waals surface area contributed by atoms with Gasteiger partial charge in [-0.15, -0.1) is 6.42 Å². The lowest BCUT2D eigenvalue weighted by molar-refractivity contribution is -0.135. The summed E-state index contributed by atoms with van der Waals surface area (Å²) in [4.78, 5) is 17.6. The molecule has 1 aliphatic carbocycles. The Hall–Kier alpha value is -4.21. The average Bonchev–Trinajstić information content (AvgIpc) is 3.66. The molecular formula is C33H32F4N6O2. The number of fused-ring (bicyclic) bond motifs is 4. The number of alkyl halides is 3. The highest BCUT2D eigenvalue weighted by atomic mass is 19.4. The van der Waals surface area contributed by atoms with Gasteiger partial charge in [-0.25, -0.2) is 4.39 Å². The van der Waals surface area contributed by atoms with E-state index in [2.05, 4.69) is 31.1 Å². The van der Waals surface area contributed by atoms with Crippen molar-refractivity contribution in [2.75, 3.05) is 45.2 Å². The van der Waals surface area contributed by atoms with E-state index in [0.29, 0.717) is 13.1 Å². The SMILES string of the molecule is C#Cc1c(F)ccc2cc(O)cc(-c3cnc4c(N5CC6CCC(C5)N6)nc(OCC5(CN(C)C)CC5)nc4c3C(F)(F)F)c12. The molecule has 4 aromatic rings. The van der Waals surface area contributed by atoms with Crippen molar-refractivity contribution in [3.05, 3.63) is 47.4 Å². The van der Waals surface area contributed by atoms with Crippen LogP contribution < -0.4 is 15.0 Å². The Labute approximate surface area is 257 Å². The topological polar surface area (TPSA) is 86.6 Å². The van der Waals surface area contributed by atoms with Gasteiger partial charge in [-0.3, -0.25) is 4.98 Å². The van der Waals surface area contributed by atoms with Crippen molar-refractivity contribution in [3.8, 4) is 35.2 Å². The molecule has 2 N–H and O–H groups in total. The number of piperazine rings is 1. The summed E-state index contributed by atoms with van der Waals surface area (Å²) in [5.41, 5.74) is -2.35. The standard InChI is InChI=1S/C33H32F4N6O2/c1-4-22-25(34)8-5-18-11-21(44)12-23(26(18)22)24-13-38-29-28(27(24)33(35,36)37)40-31(45-17-32(9-10-32)16-42(2)3)41-30(29)43-14-19-6-7-20(15-43)39-19/h1,5,8,11-13,19-20,39,44H,6-7,9-10,14-17H2,2-3H3. The lowest BCUT2D eigenvalue weighted by Gasteiger charge is -2.34. The summed E-state index contributed by atoms with van der Waals surface area (Å²) in [5.74, 6) is 1.48. The van der Waals surface area contributed by atoms with E-state index < -0.39 is 23.1 Å². The van der Waals surface area contributed by atoms with E-state index in [1.54, 1.807) is 0 Å². The third-order valence-corrected chi connectivity index (χ3v) is 9.08. The summed E-state index contributed by atoms with van der Waals surface area (Å²) >= 11 is 0. The highest BCUT2D eigenvalue weighted by Crippen LogP contribution is 2.48. The van der Waals surface area contributed by atoms with E-state index in [-0.39, 0.29) is 74.7 Å².